The summed E-state index contributed by atoms with van der Waals surface area (Å²) in [5.41, 5.74) is -0.425. The third-order valence-electron chi connectivity index (χ3n) is 4.03. The number of hydroxylamine groups is 2. The van der Waals surface area contributed by atoms with E-state index in [4.69, 9.17) is 4.84 Å². The lowest BCUT2D eigenvalue weighted by molar-refractivity contribution is -0.208. The standard InChI is InChI=1S/C15H29N3O2/c1-15(2,3)14(19)20-18-8-4-5-13(12-18)11-17-9-6-16-7-10-17/h13,16H,4-12H2,1-3H3/t13-/m0/s1. The summed E-state index contributed by atoms with van der Waals surface area (Å²) in [6.45, 7) is 13.0. The zero-order valence-electron chi connectivity index (χ0n) is 13.2. The van der Waals surface area contributed by atoms with Crippen LogP contribution in [0.3, 0.4) is 0 Å². The third kappa shape index (κ3) is 4.72. The first-order valence-electron chi connectivity index (χ1n) is 7.85. The summed E-state index contributed by atoms with van der Waals surface area (Å²) in [6.07, 6.45) is 2.36. The van der Waals surface area contributed by atoms with E-state index in [0.717, 1.165) is 52.2 Å². The molecule has 2 heterocycles. The molecule has 0 unspecified atom stereocenters. The fourth-order valence-electron chi connectivity index (χ4n) is 2.77. The first-order valence-corrected chi connectivity index (χ1v) is 7.85. The molecular formula is C15H29N3O2. The van der Waals surface area contributed by atoms with Crippen molar-refractivity contribution < 1.29 is 9.63 Å². The van der Waals surface area contributed by atoms with Crippen LogP contribution in [0.5, 0.6) is 0 Å². The predicted octanol–water partition coefficient (Wildman–Crippen LogP) is 1.11. The SMILES string of the molecule is CC(C)(C)C(=O)ON1CCC[C@@H](CN2CCNCC2)C1. The normalized spacial score (nSPS) is 26.4. The van der Waals surface area contributed by atoms with Gasteiger partial charge in [0.05, 0.1) is 5.41 Å². The fraction of sp³-hybridized carbons (Fsp3) is 0.933. The van der Waals surface area contributed by atoms with Crippen LogP contribution in [0.2, 0.25) is 0 Å². The van der Waals surface area contributed by atoms with Gasteiger partial charge in [0.2, 0.25) is 0 Å². The molecule has 116 valence electrons. The highest BCUT2D eigenvalue weighted by atomic mass is 16.7. The molecule has 1 atom stereocenters. The molecule has 2 saturated heterocycles. The summed E-state index contributed by atoms with van der Waals surface area (Å²) in [5.74, 6) is 0.495. The Morgan fingerprint density at radius 2 is 1.95 bits per heavy atom. The smallest absolute Gasteiger partial charge is 0.330 e. The topological polar surface area (TPSA) is 44.8 Å². The van der Waals surface area contributed by atoms with E-state index in [1.54, 1.807) is 0 Å². The van der Waals surface area contributed by atoms with Crippen LogP contribution in [0.4, 0.5) is 0 Å². The average Bonchev–Trinajstić information content (AvgIpc) is 2.39. The lowest BCUT2D eigenvalue weighted by Crippen LogP contribution is -2.48. The van der Waals surface area contributed by atoms with Gasteiger partial charge in [-0.05, 0) is 39.5 Å². The van der Waals surface area contributed by atoms with Crippen molar-refractivity contribution >= 4 is 5.97 Å². The number of nitrogens with one attached hydrogen (secondary N) is 1. The van der Waals surface area contributed by atoms with E-state index in [-0.39, 0.29) is 5.97 Å². The van der Waals surface area contributed by atoms with Crippen molar-refractivity contribution in [2.24, 2.45) is 11.3 Å². The third-order valence-corrected chi connectivity index (χ3v) is 4.03. The molecule has 0 radical (unpaired) electrons. The minimum atomic E-state index is -0.425. The van der Waals surface area contributed by atoms with E-state index < -0.39 is 5.41 Å². The van der Waals surface area contributed by atoms with Gasteiger partial charge in [-0.15, -0.1) is 5.06 Å². The van der Waals surface area contributed by atoms with Crippen molar-refractivity contribution in [3.63, 3.8) is 0 Å². The van der Waals surface area contributed by atoms with E-state index in [0.29, 0.717) is 5.92 Å². The Labute approximate surface area is 122 Å². The zero-order chi connectivity index (χ0) is 14.6. The molecule has 5 nitrogen and oxygen atoms in total. The Balaban J connectivity index is 1.77. The predicted molar refractivity (Wildman–Crippen MR) is 79.2 cm³/mol. The second-order valence-corrected chi connectivity index (χ2v) is 7.08. The molecule has 0 amide bonds. The summed E-state index contributed by atoms with van der Waals surface area (Å²) in [4.78, 5) is 20.0. The van der Waals surface area contributed by atoms with Gasteiger partial charge in [-0.2, -0.15) is 0 Å². The molecule has 0 saturated carbocycles. The fourth-order valence-corrected chi connectivity index (χ4v) is 2.77. The van der Waals surface area contributed by atoms with E-state index >= 15 is 0 Å². The number of piperazine rings is 1. The Bertz CT molecular complexity index is 322. The monoisotopic (exact) mass is 283 g/mol. The van der Waals surface area contributed by atoms with Gasteiger partial charge >= 0.3 is 5.97 Å². The van der Waals surface area contributed by atoms with Crippen LogP contribution >= 0.6 is 0 Å². The van der Waals surface area contributed by atoms with Crippen LogP contribution in [-0.4, -0.2) is 61.7 Å². The van der Waals surface area contributed by atoms with E-state index in [2.05, 4.69) is 10.2 Å². The molecule has 2 aliphatic heterocycles. The van der Waals surface area contributed by atoms with Crippen LogP contribution in [0.15, 0.2) is 0 Å². The molecule has 0 aliphatic carbocycles. The zero-order valence-corrected chi connectivity index (χ0v) is 13.2. The van der Waals surface area contributed by atoms with Crippen molar-refractivity contribution in [1.82, 2.24) is 15.3 Å². The number of carbonyl (C=O) groups is 1. The van der Waals surface area contributed by atoms with Gasteiger partial charge in [0.1, 0.15) is 0 Å². The van der Waals surface area contributed by atoms with Crippen LogP contribution in [-0.2, 0) is 9.63 Å². The number of rotatable bonds is 3. The van der Waals surface area contributed by atoms with Gasteiger partial charge in [0, 0.05) is 45.8 Å². The number of nitrogens with zero attached hydrogens (tertiary/aromatic N) is 2. The number of carbonyl (C=O) groups excluding carboxylic acids is 1. The van der Waals surface area contributed by atoms with Gasteiger partial charge in [-0.3, -0.25) is 0 Å². The van der Waals surface area contributed by atoms with Crippen LogP contribution in [0, 0.1) is 11.3 Å². The summed E-state index contributed by atoms with van der Waals surface area (Å²) < 4.78 is 0. The summed E-state index contributed by atoms with van der Waals surface area (Å²) in [6, 6.07) is 0. The van der Waals surface area contributed by atoms with Gasteiger partial charge in [-0.25, -0.2) is 4.79 Å². The van der Waals surface area contributed by atoms with Crippen molar-refractivity contribution in [1.29, 1.82) is 0 Å². The van der Waals surface area contributed by atoms with E-state index in [1.165, 1.54) is 6.42 Å². The molecule has 1 N–H and O–H groups in total. The largest absolute Gasteiger partial charge is 0.367 e. The minimum Gasteiger partial charge on any atom is -0.367 e. The van der Waals surface area contributed by atoms with Crippen LogP contribution < -0.4 is 5.32 Å². The molecule has 0 aromatic carbocycles. The molecule has 0 aromatic rings. The van der Waals surface area contributed by atoms with Gasteiger partial charge < -0.3 is 15.1 Å². The maximum Gasteiger partial charge on any atom is 0.330 e. The quantitative estimate of drug-likeness (QED) is 0.840. The second kappa shape index (κ2) is 6.87. The first-order chi connectivity index (χ1) is 9.45. The molecule has 0 bridgehead atoms. The highest BCUT2D eigenvalue weighted by Gasteiger charge is 2.29. The highest BCUT2D eigenvalue weighted by Crippen LogP contribution is 2.21. The molecular weight excluding hydrogens is 254 g/mol. The number of hydrogen-bond donors (Lipinski definition) is 1. The lowest BCUT2D eigenvalue weighted by atomic mass is 9.97. The van der Waals surface area contributed by atoms with E-state index in [1.807, 2.05) is 25.8 Å². The van der Waals surface area contributed by atoms with E-state index in [9.17, 15) is 4.79 Å². The minimum absolute atomic E-state index is 0.125. The number of hydrogen-bond acceptors (Lipinski definition) is 5. The summed E-state index contributed by atoms with van der Waals surface area (Å²) in [5, 5.41) is 5.26. The van der Waals surface area contributed by atoms with Crippen LogP contribution in [0.1, 0.15) is 33.6 Å². The Hall–Kier alpha value is -0.650. The van der Waals surface area contributed by atoms with Crippen molar-refractivity contribution in [2.45, 2.75) is 33.6 Å². The first kappa shape index (κ1) is 15.7. The molecule has 0 aromatic heterocycles. The van der Waals surface area contributed by atoms with Crippen molar-refractivity contribution in [2.75, 3.05) is 45.8 Å². The Morgan fingerprint density at radius 3 is 2.60 bits per heavy atom. The maximum atomic E-state index is 11.9. The van der Waals surface area contributed by atoms with Gasteiger partial charge in [-0.1, -0.05) is 0 Å². The molecule has 20 heavy (non-hydrogen) atoms. The number of piperidine rings is 1. The van der Waals surface area contributed by atoms with Crippen molar-refractivity contribution in [3.05, 3.63) is 0 Å². The molecule has 0 spiro atoms. The molecule has 2 fully saturated rings. The molecule has 5 heteroatoms. The van der Waals surface area contributed by atoms with Crippen molar-refractivity contribution in [3.8, 4) is 0 Å². The second-order valence-electron chi connectivity index (χ2n) is 7.08. The average molecular weight is 283 g/mol. The Kier molecular flexibility index (Phi) is 5.41. The summed E-state index contributed by atoms with van der Waals surface area (Å²) in [7, 11) is 0. The maximum absolute atomic E-state index is 11.9. The molecule has 2 aliphatic rings. The van der Waals surface area contributed by atoms with Gasteiger partial charge in [0.15, 0.2) is 0 Å². The lowest BCUT2D eigenvalue weighted by Gasteiger charge is -2.36. The van der Waals surface area contributed by atoms with Crippen LogP contribution in [0.25, 0.3) is 0 Å². The molecule has 2 rings (SSSR count). The highest BCUT2D eigenvalue weighted by molar-refractivity contribution is 5.75. The Morgan fingerprint density at radius 1 is 1.25 bits per heavy atom. The summed E-state index contributed by atoms with van der Waals surface area (Å²) >= 11 is 0. The van der Waals surface area contributed by atoms with Gasteiger partial charge in [0.25, 0.3) is 0 Å².